The molecule has 0 heterocycles. The van der Waals surface area contributed by atoms with Gasteiger partial charge in [-0.2, -0.15) is 0 Å². The fraction of sp³-hybridized carbons (Fsp3) is 0.818. The van der Waals surface area contributed by atoms with Crippen LogP contribution in [-0.2, 0) is 14.4 Å². The van der Waals surface area contributed by atoms with Gasteiger partial charge < -0.3 is 4.84 Å². The van der Waals surface area contributed by atoms with Gasteiger partial charge in [-0.05, 0) is 33.6 Å². The van der Waals surface area contributed by atoms with E-state index in [9.17, 15) is 9.59 Å². The summed E-state index contributed by atoms with van der Waals surface area (Å²) in [4.78, 5) is 27.4. The molecule has 1 fully saturated rings. The summed E-state index contributed by atoms with van der Waals surface area (Å²) >= 11 is 0. The summed E-state index contributed by atoms with van der Waals surface area (Å²) in [5.41, 5.74) is 2.26. The third-order valence-corrected chi connectivity index (χ3v) is 2.47. The third kappa shape index (κ3) is 4.00. The van der Waals surface area contributed by atoms with Crippen molar-refractivity contribution in [1.29, 1.82) is 0 Å². The molecule has 0 aromatic heterocycles. The molecule has 1 rings (SSSR count). The Morgan fingerprint density at radius 1 is 1.33 bits per heavy atom. The molecular weight excluding hydrogens is 194 g/mol. The highest BCUT2D eigenvalue weighted by Gasteiger charge is 2.25. The van der Waals surface area contributed by atoms with Crippen LogP contribution in [0, 0.1) is 5.41 Å². The zero-order chi connectivity index (χ0) is 11.5. The van der Waals surface area contributed by atoms with Gasteiger partial charge in [-0.1, -0.05) is 0 Å². The van der Waals surface area contributed by atoms with E-state index in [-0.39, 0.29) is 12.0 Å². The second-order valence-corrected chi connectivity index (χ2v) is 5.07. The lowest BCUT2D eigenvalue weighted by molar-refractivity contribution is -0.163. The van der Waals surface area contributed by atoms with Gasteiger partial charge in [0, 0.05) is 18.9 Å². The van der Waals surface area contributed by atoms with E-state index in [4.69, 9.17) is 4.84 Å². The number of carbonyl (C=O) groups excluding carboxylic acids is 2. The van der Waals surface area contributed by atoms with Crippen LogP contribution in [0.25, 0.3) is 0 Å². The minimum absolute atomic E-state index is 0.133. The Bertz CT molecular complexity index is 245. The van der Waals surface area contributed by atoms with E-state index in [0.29, 0.717) is 18.6 Å². The molecule has 0 saturated heterocycles. The number of nitrogens with one attached hydrogen (secondary N) is 1. The molecule has 0 aromatic rings. The van der Waals surface area contributed by atoms with Crippen molar-refractivity contribution in [3.8, 4) is 0 Å². The molecular formula is C11H19NO3. The maximum Gasteiger partial charge on any atom is 0.329 e. The molecule has 0 unspecified atom stereocenters. The van der Waals surface area contributed by atoms with Gasteiger partial charge in [0.1, 0.15) is 5.78 Å². The molecule has 86 valence electrons. The Labute approximate surface area is 90.3 Å². The van der Waals surface area contributed by atoms with Crippen molar-refractivity contribution < 1.29 is 14.4 Å². The second-order valence-electron chi connectivity index (χ2n) is 5.07. The van der Waals surface area contributed by atoms with Gasteiger partial charge in [0.15, 0.2) is 0 Å². The van der Waals surface area contributed by atoms with Gasteiger partial charge in [0.05, 0.1) is 5.41 Å². The Morgan fingerprint density at radius 3 is 2.33 bits per heavy atom. The Hall–Kier alpha value is -0.900. The highest BCUT2D eigenvalue weighted by molar-refractivity contribution is 5.79. The quantitative estimate of drug-likeness (QED) is 0.708. The molecule has 1 aliphatic rings. The Balaban J connectivity index is 2.26. The van der Waals surface area contributed by atoms with Gasteiger partial charge in [-0.3, -0.25) is 4.79 Å². The number of hydroxylamine groups is 1. The molecule has 1 N–H and O–H groups in total. The van der Waals surface area contributed by atoms with Crippen molar-refractivity contribution in [3.05, 3.63) is 0 Å². The molecule has 0 radical (unpaired) electrons. The highest BCUT2D eigenvalue weighted by Crippen LogP contribution is 2.17. The lowest BCUT2D eigenvalue weighted by atomic mass is 9.95. The normalized spacial score (nSPS) is 19.0. The fourth-order valence-corrected chi connectivity index (χ4v) is 1.35. The summed E-state index contributed by atoms with van der Waals surface area (Å²) in [5, 5.41) is 0. The summed E-state index contributed by atoms with van der Waals surface area (Å²) in [6, 6.07) is 0.133. The first-order valence-corrected chi connectivity index (χ1v) is 5.38. The molecule has 0 aromatic carbocycles. The van der Waals surface area contributed by atoms with Crippen LogP contribution in [0.15, 0.2) is 0 Å². The smallest absolute Gasteiger partial charge is 0.329 e. The lowest BCUT2D eigenvalue weighted by Gasteiger charge is -2.23. The van der Waals surface area contributed by atoms with Crippen molar-refractivity contribution in [3.63, 3.8) is 0 Å². The van der Waals surface area contributed by atoms with Crippen molar-refractivity contribution in [2.75, 3.05) is 0 Å². The molecule has 1 aliphatic carbocycles. The standard InChI is InChI=1S/C11H19NO3/c1-11(2,3)10(14)15-12-8-4-6-9(13)7-5-8/h8,12H,4-7H2,1-3H3. The molecule has 0 spiro atoms. The molecule has 0 amide bonds. The van der Waals surface area contributed by atoms with Crippen LogP contribution in [0.2, 0.25) is 0 Å². The van der Waals surface area contributed by atoms with Crippen LogP contribution < -0.4 is 5.48 Å². The topological polar surface area (TPSA) is 55.4 Å². The minimum atomic E-state index is -0.489. The SMILES string of the molecule is CC(C)(C)C(=O)ONC1CCC(=O)CC1. The first-order valence-electron chi connectivity index (χ1n) is 5.38. The van der Waals surface area contributed by atoms with Crippen molar-refractivity contribution in [2.45, 2.75) is 52.5 Å². The third-order valence-electron chi connectivity index (χ3n) is 2.47. The Morgan fingerprint density at radius 2 is 1.87 bits per heavy atom. The van der Waals surface area contributed by atoms with Gasteiger partial charge in [-0.15, -0.1) is 5.48 Å². The number of Topliss-reactive ketones (excluding diaryl/α,β-unsaturated/α-hetero) is 1. The van der Waals surface area contributed by atoms with Crippen LogP contribution in [0.3, 0.4) is 0 Å². The van der Waals surface area contributed by atoms with E-state index in [1.807, 2.05) is 0 Å². The van der Waals surface area contributed by atoms with Gasteiger partial charge in [-0.25, -0.2) is 4.79 Å². The molecule has 1 saturated carbocycles. The van der Waals surface area contributed by atoms with Crippen LogP contribution in [0.5, 0.6) is 0 Å². The first-order chi connectivity index (χ1) is 6.89. The first kappa shape index (κ1) is 12.2. The molecule has 0 bridgehead atoms. The van der Waals surface area contributed by atoms with Gasteiger partial charge in [0.2, 0.25) is 0 Å². The number of ketones is 1. The lowest BCUT2D eigenvalue weighted by Crippen LogP contribution is -2.38. The summed E-state index contributed by atoms with van der Waals surface area (Å²) in [6.07, 6.45) is 2.70. The van der Waals surface area contributed by atoms with E-state index < -0.39 is 5.41 Å². The molecule has 4 heteroatoms. The van der Waals surface area contributed by atoms with E-state index >= 15 is 0 Å². The van der Waals surface area contributed by atoms with Crippen LogP contribution in [0.1, 0.15) is 46.5 Å². The van der Waals surface area contributed by atoms with Crippen molar-refractivity contribution >= 4 is 11.8 Å². The largest absolute Gasteiger partial charge is 0.370 e. The zero-order valence-electron chi connectivity index (χ0n) is 9.63. The van der Waals surface area contributed by atoms with Crippen molar-refractivity contribution in [1.82, 2.24) is 5.48 Å². The average Bonchev–Trinajstić information content (AvgIpc) is 2.15. The van der Waals surface area contributed by atoms with Crippen molar-refractivity contribution in [2.24, 2.45) is 5.41 Å². The number of carbonyl (C=O) groups is 2. The van der Waals surface area contributed by atoms with E-state index in [1.54, 1.807) is 20.8 Å². The number of hydrogen-bond acceptors (Lipinski definition) is 4. The fourth-order valence-electron chi connectivity index (χ4n) is 1.35. The van der Waals surface area contributed by atoms with Gasteiger partial charge in [0.25, 0.3) is 0 Å². The van der Waals surface area contributed by atoms with E-state index in [1.165, 1.54) is 0 Å². The monoisotopic (exact) mass is 213 g/mol. The molecule has 4 nitrogen and oxygen atoms in total. The van der Waals surface area contributed by atoms with E-state index in [0.717, 1.165) is 12.8 Å². The number of hydrogen-bond donors (Lipinski definition) is 1. The summed E-state index contributed by atoms with van der Waals surface area (Å²) in [5.74, 6) is 0.0367. The molecule has 15 heavy (non-hydrogen) atoms. The summed E-state index contributed by atoms with van der Waals surface area (Å²) in [7, 11) is 0. The maximum atomic E-state index is 11.4. The van der Waals surface area contributed by atoms with Crippen LogP contribution >= 0.6 is 0 Å². The summed E-state index contributed by atoms with van der Waals surface area (Å²) < 4.78 is 0. The highest BCUT2D eigenvalue weighted by atomic mass is 16.7. The molecule has 0 atom stereocenters. The maximum absolute atomic E-state index is 11.4. The molecule has 0 aliphatic heterocycles. The second kappa shape index (κ2) is 4.75. The van der Waals surface area contributed by atoms with Crippen LogP contribution in [0.4, 0.5) is 0 Å². The Kier molecular flexibility index (Phi) is 3.85. The predicted molar refractivity (Wildman–Crippen MR) is 55.9 cm³/mol. The zero-order valence-corrected chi connectivity index (χ0v) is 9.63. The number of rotatable bonds is 2. The van der Waals surface area contributed by atoms with E-state index in [2.05, 4.69) is 5.48 Å². The van der Waals surface area contributed by atoms with Crippen LogP contribution in [-0.4, -0.2) is 17.8 Å². The predicted octanol–water partition coefficient (Wildman–Crippen LogP) is 1.59. The minimum Gasteiger partial charge on any atom is -0.370 e. The average molecular weight is 213 g/mol. The summed E-state index contributed by atoms with van der Waals surface area (Å²) in [6.45, 7) is 5.42. The van der Waals surface area contributed by atoms with Gasteiger partial charge >= 0.3 is 5.97 Å².